The van der Waals surface area contributed by atoms with Crippen LogP contribution in [0, 0.1) is 0 Å². The highest BCUT2D eigenvalue weighted by molar-refractivity contribution is 5.69. The lowest BCUT2D eigenvalue weighted by Crippen LogP contribution is -2.43. The molecule has 1 aliphatic rings. The third kappa shape index (κ3) is 3.14. The van der Waals surface area contributed by atoms with Gasteiger partial charge in [0.25, 0.3) is 0 Å². The van der Waals surface area contributed by atoms with Gasteiger partial charge in [0, 0.05) is 33.2 Å². The van der Waals surface area contributed by atoms with E-state index in [2.05, 4.69) is 39.8 Å². The molecule has 0 unspecified atom stereocenters. The monoisotopic (exact) mass is 221 g/mol. The molecular weight excluding hydrogens is 198 g/mol. The predicted molar refractivity (Wildman–Crippen MR) is 72.4 cm³/mol. The van der Waals surface area contributed by atoms with Gasteiger partial charge in [-0.15, -0.1) is 0 Å². The second-order valence-corrected chi connectivity index (χ2v) is 3.50. The van der Waals surface area contributed by atoms with Gasteiger partial charge in [-0.3, -0.25) is 0 Å². The summed E-state index contributed by atoms with van der Waals surface area (Å²) in [5.41, 5.74) is 2.53. The Morgan fingerprint density at radius 3 is 2.38 bits per heavy atom. The van der Waals surface area contributed by atoms with Crippen LogP contribution in [0.4, 0.5) is 11.4 Å². The van der Waals surface area contributed by atoms with Crippen LogP contribution in [0.15, 0.2) is 24.3 Å². The molecule has 0 aliphatic carbocycles. The minimum atomic E-state index is 1.08. The van der Waals surface area contributed by atoms with Crippen LogP contribution in [0.3, 0.4) is 0 Å². The molecule has 3 nitrogen and oxygen atoms in total. The summed E-state index contributed by atoms with van der Waals surface area (Å²) in [5.74, 6) is 0. The molecule has 0 saturated carbocycles. The average Bonchev–Trinajstić information content (AvgIpc) is 2.42. The minimum Gasteiger partial charge on any atom is -0.386 e. The zero-order valence-corrected chi connectivity index (χ0v) is 10.6. The molecule has 90 valence electrons. The van der Waals surface area contributed by atoms with E-state index < -0.39 is 0 Å². The molecular formula is C13H23N3. The fourth-order valence-corrected chi connectivity index (χ4v) is 1.87. The molecule has 1 aliphatic heterocycles. The van der Waals surface area contributed by atoms with E-state index in [1.165, 1.54) is 11.4 Å². The Morgan fingerprint density at radius 1 is 1.12 bits per heavy atom. The van der Waals surface area contributed by atoms with Crippen LogP contribution in [0.25, 0.3) is 0 Å². The van der Waals surface area contributed by atoms with Crippen LogP contribution >= 0.6 is 0 Å². The number of hydrogen-bond donors (Lipinski definition) is 2. The van der Waals surface area contributed by atoms with Crippen molar-refractivity contribution < 1.29 is 0 Å². The quantitative estimate of drug-likeness (QED) is 0.801. The van der Waals surface area contributed by atoms with Crippen molar-refractivity contribution in [3.63, 3.8) is 0 Å². The van der Waals surface area contributed by atoms with Gasteiger partial charge in [0.1, 0.15) is 0 Å². The normalized spacial score (nSPS) is 15.1. The van der Waals surface area contributed by atoms with Gasteiger partial charge in [-0.1, -0.05) is 26.0 Å². The Morgan fingerprint density at radius 2 is 1.75 bits per heavy atom. The Labute approximate surface area is 98.8 Å². The van der Waals surface area contributed by atoms with Crippen molar-refractivity contribution in [1.29, 1.82) is 0 Å². The molecule has 0 bridgehead atoms. The van der Waals surface area contributed by atoms with Gasteiger partial charge in [0.05, 0.1) is 11.4 Å². The van der Waals surface area contributed by atoms with E-state index in [0.29, 0.717) is 0 Å². The van der Waals surface area contributed by atoms with Crippen molar-refractivity contribution in [2.24, 2.45) is 0 Å². The Bertz CT molecular complexity index is 293. The van der Waals surface area contributed by atoms with Crippen LogP contribution < -0.4 is 15.5 Å². The lowest BCUT2D eigenvalue weighted by molar-refractivity contribution is 0.589. The lowest BCUT2D eigenvalue weighted by atomic mass is 10.2. The van der Waals surface area contributed by atoms with Crippen LogP contribution in [-0.4, -0.2) is 33.2 Å². The first kappa shape index (κ1) is 12.8. The van der Waals surface area contributed by atoms with Crippen molar-refractivity contribution >= 4 is 11.4 Å². The van der Waals surface area contributed by atoms with Crippen LogP contribution in [0.1, 0.15) is 13.8 Å². The van der Waals surface area contributed by atoms with E-state index in [0.717, 1.165) is 26.2 Å². The summed E-state index contributed by atoms with van der Waals surface area (Å²) < 4.78 is 0. The third-order valence-electron chi connectivity index (χ3n) is 2.63. The van der Waals surface area contributed by atoms with Gasteiger partial charge in [0.15, 0.2) is 0 Å². The zero-order valence-electron chi connectivity index (χ0n) is 10.6. The molecule has 1 fully saturated rings. The van der Waals surface area contributed by atoms with E-state index in [1.54, 1.807) is 0 Å². The van der Waals surface area contributed by atoms with E-state index in [9.17, 15) is 0 Å². The first-order valence-corrected chi connectivity index (χ1v) is 6.14. The zero-order chi connectivity index (χ0) is 11.8. The van der Waals surface area contributed by atoms with E-state index in [4.69, 9.17) is 0 Å². The maximum atomic E-state index is 3.36. The van der Waals surface area contributed by atoms with Gasteiger partial charge in [-0.2, -0.15) is 0 Å². The van der Waals surface area contributed by atoms with Gasteiger partial charge in [-0.25, -0.2) is 0 Å². The molecule has 1 aromatic rings. The Balaban J connectivity index is 0.000000606. The highest BCUT2D eigenvalue weighted by Crippen LogP contribution is 2.24. The van der Waals surface area contributed by atoms with Crippen molar-refractivity contribution in [3.8, 4) is 0 Å². The standard InChI is InChI=1S/C11H17N3.C2H6/c1-12-10-4-2-3-5-11(10)14-8-6-13-7-9-14;1-2/h2-5,12-13H,6-9H2,1H3;1-2H3. The number of piperazine rings is 1. The fraction of sp³-hybridized carbons (Fsp3) is 0.538. The summed E-state index contributed by atoms with van der Waals surface area (Å²) in [4.78, 5) is 2.42. The topological polar surface area (TPSA) is 27.3 Å². The Hall–Kier alpha value is -1.22. The number of nitrogens with one attached hydrogen (secondary N) is 2. The maximum Gasteiger partial charge on any atom is 0.0602 e. The van der Waals surface area contributed by atoms with Gasteiger partial charge >= 0.3 is 0 Å². The number of anilines is 2. The SMILES string of the molecule is CC.CNc1ccccc1N1CCNCC1. The summed E-state index contributed by atoms with van der Waals surface area (Å²) in [6.07, 6.45) is 0. The second kappa shape index (κ2) is 7.12. The van der Waals surface area contributed by atoms with Crippen LogP contribution in [0.2, 0.25) is 0 Å². The van der Waals surface area contributed by atoms with E-state index >= 15 is 0 Å². The van der Waals surface area contributed by atoms with Crippen LogP contribution in [-0.2, 0) is 0 Å². The molecule has 1 aromatic carbocycles. The van der Waals surface area contributed by atoms with Crippen molar-refractivity contribution in [2.45, 2.75) is 13.8 Å². The van der Waals surface area contributed by atoms with Gasteiger partial charge in [0.2, 0.25) is 0 Å². The summed E-state index contributed by atoms with van der Waals surface area (Å²) in [6.45, 7) is 8.35. The maximum absolute atomic E-state index is 3.36. The smallest absolute Gasteiger partial charge is 0.0602 e. The predicted octanol–water partition coefficient (Wildman–Crippen LogP) is 2.16. The number of benzene rings is 1. The number of nitrogens with zero attached hydrogens (tertiary/aromatic N) is 1. The number of rotatable bonds is 2. The third-order valence-corrected chi connectivity index (χ3v) is 2.63. The molecule has 1 saturated heterocycles. The summed E-state index contributed by atoms with van der Waals surface area (Å²) in [7, 11) is 1.97. The summed E-state index contributed by atoms with van der Waals surface area (Å²) in [6, 6.07) is 8.46. The molecule has 1 heterocycles. The van der Waals surface area contributed by atoms with Crippen molar-refractivity contribution in [3.05, 3.63) is 24.3 Å². The molecule has 16 heavy (non-hydrogen) atoms. The summed E-state index contributed by atoms with van der Waals surface area (Å²) >= 11 is 0. The molecule has 2 rings (SSSR count). The van der Waals surface area contributed by atoms with Crippen LogP contribution in [0.5, 0.6) is 0 Å². The second-order valence-electron chi connectivity index (χ2n) is 3.50. The van der Waals surface area contributed by atoms with Crippen molar-refractivity contribution in [2.75, 3.05) is 43.4 Å². The largest absolute Gasteiger partial charge is 0.386 e. The number of para-hydroxylation sites is 2. The first-order valence-electron chi connectivity index (χ1n) is 6.14. The number of hydrogen-bond acceptors (Lipinski definition) is 3. The highest BCUT2D eigenvalue weighted by atomic mass is 15.2. The molecule has 2 N–H and O–H groups in total. The first-order chi connectivity index (χ1) is 7.92. The molecule has 0 atom stereocenters. The van der Waals surface area contributed by atoms with E-state index in [-0.39, 0.29) is 0 Å². The minimum absolute atomic E-state index is 1.08. The van der Waals surface area contributed by atoms with Gasteiger partial charge in [-0.05, 0) is 12.1 Å². The lowest BCUT2D eigenvalue weighted by Gasteiger charge is -2.30. The molecule has 3 heteroatoms. The Kier molecular flexibility index (Phi) is 5.72. The summed E-state index contributed by atoms with van der Waals surface area (Å²) in [5, 5.41) is 6.59. The molecule has 0 amide bonds. The van der Waals surface area contributed by atoms with E-state index in [1.807, 2.05) is 20.9 Å². The van der Waals surface area contributed by atoms with Crippen molar-refractivity contribution in [1.82, 2.24) is 5.32 Å². The molecule has 0 aromatic heterocycles. The fourth-order valence-electron chi connectivity index (χ4n) is 1.87. The molecule has 0 spiro atoms. The van der Waals surface area contributed by atoms with Gasteiger partial charge < -0.3 is 15.5 Å². The highest BCUT2D eigenvalue weighted by Gasteiger charge is 2.12. The molecule has 0 radical (unpaired) electrons. The average molecular weight is 221 g/mol.